The van der Waals surface area contributed by atoms with Crippen molar-refractivity contribution in [2.24, 2.45) is 0 Å². The van der Waals surface area contributed by atoms with E-state index in [1.165, 1.54) is 0 Å². The van der Waals surface area contributed by atoms with E-state index in [0.29, 0.717) is 11.3 Å². The van der Waals surface area contributed by atoms with E-state index in [9.17, 15) is 0 Å². The van der Waals surface area contributed by atoms with Crippen LogP contribution >= 0.6 is 0 Å². The molecule has 0 aliphatic heterocycles. The van der Waals surface area contributed by atoms with E-state index in [4.69, 9.17) is 0 Å². The predicted octanol–water partition coefficient (Wildman–Crippen LogP) is 5.17. The van der Waals surface area contributed by atoms with Crippen LogP contribution in [0.5, 0.6) is 0 Å². The highest BCUT2D eigenvalue weighted by Crippen LogP contribution is 2.28. The Morgan fingerprint density at radius 2 is 1.89 bits per heavy atom. The summed E-state index contributed by atoms with van der Waals surface area (Å²) in [4.78, 5) is 15.3. The summed E-state index contributed by atoms with van der Waals surface area (Å²) in [6.07, 6.45) is 13.0. The van der Waals surface area contributed by atoms with E-state index in [-0.39, 0.29) is 0 Å². The van der Waals surface area contributed by atoms with Crippen molar-refractivity contribution in [2.75, 3.05) is 19.0 Å². The number of H-pyrrole nitrogens is 1. The number of hydrogen-bond donors (Lipinski definition) is 2. The standard InChI is InChI=1S/C27H30N8/c1-8-9-25(35-15-17(2)30-16-35)18(3)19(4)31-20(5)26-24-11-22(13-29-27(24)33-32-26)21-10-23(34(6)7)14-28-12-21/h8-16,31H,1,5H2,2-4,6-7H3,(H,29,32,33)/b19-18+,25-9+. The van der Waals surface area contributed by atoms with Crippen molar-refractivity contribution in [3.8, 4) is 11.1 Å². The van der Waals surface area contributed by atoms with Gasteiger partial charge in [0, 0.05) is 54.9 Å². The smallest absolute Gasteiger partial charge is 0.181 e. The zero-order chi connectivity index (χ0) is 25.1. The number of anilines is 1. The molecule has 0 unspecified atom stereocenters. The van der Waals surface area contributed by atoms with Crippen LogP contribution < -0.4 is 10.2 Å². The maximum Gasteiger partial charge on any atom is 0.181 e. The minimum Gasteiger partial charge on any atom is -0.376 e. The molecule has 2 N–H and O–H groups in total. The first-order valence-electron chi connectivity index (χ1n) is 11.2. The number of imidazole rings is 1. The van der Waals surface area contributed by atoms with E-state index in [2.05, 4.69) is 62.7 Å². The van der Waals surface area contributed by atoms with Gasteiger partial charge in [-0.05, 0) is 44.6 Å². The highest BCUT2D eigenvalue weighted by molar-refractivity contribution is 5.90. The average molecular weight is 467 g/mol. The Bertz CT molecular complexity index is 1470. The summed E-state index contributed by atoms with van der Waals surface area (Å²) in [6, 6.07) is 4.15. The van der Waals surface area contributed by atoms with Gasteiger partial charge >= 0.3 is 0 Å². The Labute approximate surface area is 205 Å². The van der Waals surface area contributed by atoms with Crippen molar-refractivity contribution < 1.29 is 0 Å². The Morgan fingerprint density at radius 1 is 1.11 bits per heavy atom. The summed E-state index contributed by atoms with van der Waals surface area (Å²) in [5.74, 6) is 0. The summed E-state index contributed by atoms with van der Waals surface area (Å²) >= 11 is 0. The Kier molecular flexibility index (Phi) is 6.64. The van der Waals surface area contributed by atoms with E-state index < -0.39 is 0 Å². The number of pyridine rings is 2. The normalized spacial score (nSPS) is 12.4. The lowest BCUT2D eigenvalue weighted by Crippen LogP contribution is -2.12. The zero-order valence-corrected chi connectivity index (χ0v) is 20.8. The number of fused-ring (bicyclic) bond motifs is 1. The second-order valence-electron chi connectivity index (χ2n) is 8.58. The molecule has 0 atom stereocenters. The number of aromatic amines is 1. The molecule has 0 saturated heterocycles. The topological polar surface area (TPSA) is 87.5 Å². The van der Waals surface area contributed by atoms with Gasteiger partial charge in [-0.1, -0.05) is 19.2 Å². The minimum atomic E-state index is 0.628. The van der Waals surface area contributed by atoms with Crippen LogP contribution in [0.4, 0.5) is 5.69 Å². The van der Waals surface area contributed by atoms with Gasteiger partial charge in [0.2, 0.25) is 0 Å². The van der Waals surface area contributed by atoms with E-state index in [1.807, 2.05) is 68.3 Å². The molecule has 0 saturated carbocycles. The first-order valence-corrected chi connectivity index (χ1v) is 11.2. The molecular weight excluding hydrogens is 436 g/mol. The summed E-state index contributed by atoms with van der Waals surface area (Å²) < 4.78 is 1.98. The van der Waals surface area contributed by atoms with Crippen LogP contribution in [-0.2, 0) is 0 Å². The van der Waals surface area contributed by atoms with Crippen molar-refractivity contribution in [3.05, 3.63) is 91.2 Å². The van der Waals surface area contributed by atoms with Gasteiger partial charge in [0.1, 0.15) is 0 Å². The van der Waals surface area contributed by atoms with Gasteiger partial charge in [0.25, 0.3) is 0 Å². The third-order valence-corrected chi connectivity index (χ3v) is 5.84. The minimum absolute atomic E-state index is 0.628. The van der Waals surface area contributed by atoms with Crippen molar-refractivity contribution >= 4 is 28.1 Å². The molecule has 4 aromatic rings. The van der Waals surface area contributed by atoms with Crippen molar-refractivity contribution in [3.63, 3.8) is 0 Å². The fourth-order valence-electron chi connectivity index (χ4n) is 3.76. The van der Waals surface area contributed by atoms with Gasteiger partial charge < -0.3 is 14.8 Å². The number of nitrogens with zero attached hydrogens (tertiary/aromatic N) is 6. The SMILES string of the molecule is C=C/C=C(\C(C)=C(/C)NC(=C)c1[nH]nc2ncc(-c3cncc(N(C)C)c3)cc12)n1cnc(C)c1. The lowest BCUT2D eigenvalue weighted by Gasteiger charge is -2.16. The van der Waals surface area contributed by atoms with Crippen LogP contribution in [0, 0.1) is 6.92 Å². The second-order valence-corrected chi connectivity index (χ2v) is 8.58. The first-order chi connectivity index (χ1) is 16.8. The van der Waals surface area contributed by atoms with Gasteiger partial charge in [-0.2, -0.15) is 5.10 Å². The van der Waals surface area contributed by atoms with Crippen LogP contribution in [0.2, 0.25) is 0 Å². The molecule has 4 rings (SSSR count). The van der Waals surface area contributed by atoms with Crippen molar-refractivity contribution in [1.82, 2.24) is 35.0 Å². The molecular formula is C27H30N8. The number of aryl methyl sites for hydroxylation is 1. The summed E-state index contributed by atoms with van der Waals surface area (Å²) in [6.45, 7) is 14.2. The highest BCUT2D eigenvalue weighted by Gasteiger charge is 2.14. The van der Waals surface area contributed by atoms with Crippen LogP contribution in [0.15, 0.2) is 79.8 Å². The van der Waals surface area contributed by atoms with Crippen molar-refractivity contribution in [1.29, 1.82) is 0 Å². The summed E-state index contributed by atoms with van der Waals surface area (Å²) in [7, 11) is 3.99. The molecule has 0 fully saturated rings. The second kappa shape index (κ2) is 9.80. The number of rotatable bonds is 8. The summed E-state index contributed by atoms with van der Waals surface area (Å²) in [5.41, 5.74) is 8.98. The lowest BCUT2D eigenvalue weighted by molar-refractivity contribution is 0.997. The van der Waals surface area contributed by atoms with Crippen LogP contribution in [0.25, 0.3) is 33.6 Å². The van der Waals surface area contributed by atoms with Gasteiger partial charge in [-0.25, -0.2) is 9.97 Å². The number of aromatic nitrogens is 6. The van der Waals surface area contributed by atoms with E-state index in [1.54, 1.807) is 12.4 Å². The lowest BCUT2D eigenvalue weighted by atomic mass is 10.1. The molecule has 178 valence electrons. The Morgan fingerprint density at radius 3 is 2.57 bits per heavy atom. The number of nitrogens with one attached hydrogen (secondary N) is 2. The third-order valence-electron chi connectivity index (χ3n) is 5.84. The average Bonchev–Trinajstić information content (AvgIpc) is 3.47. The molecule has 0 amide bonds. The van der Waals surface area contributed by atoms with Crippen molar-refractivity contribution in [2.45, 2.75) is 20.8 Å². The Balaban J connectivity index is 1.66. The molecule has 0 aromatic carbocycles. The van der Waals surface area contributed by atoms with Gasteiger partial charge in [0.05, 0.1) is 41.0 Å². The third kappa shape index (κ3) is 4.91. The number of allylic oxidation sites excluding steroid dienone is 5. The largest absolute Gasteiger partial charge is 0.376 e. The maximum atomic E-state index is 4.55. The molecule has 4 heterocycles. The molecule has 8 heteroatoms. The maximum absolute atomic E-state index is 4.55. The van der Waals surface area contributed by atoms with Crippen LogP contribution in [0.1, 0.15) is 25.2 Å². The molecule has 4 aromatic heterocycles. The monoisotopic (exact) mass is 466 g/mol. The van der Waals surface area contributed by atoms with Crippen LogP contribution in [-0.4, -0.2) is 43.8 Å². The summed E-state index contributed by atoms with van der Waals surface area (Å²) in [5, 5.41) is 11.8. The molecule has 35 heavy (non-hydrogen) atoms. The number of hydrogen-bond acceptors (Lipinski definition) is 6. The quantitative estimate of drug-likeness (QED) is 0.348. The zero-order valence-electron chi connectivity index (χ0n) is 20.8. The highest BCUT2D eigenvalue weighted by atomic mass is 15.2. The molecule has 0 radical (unpaired) electrons. The van der Waals surface area contributed by atoms with Crippen LogP contribution in [0.3, 0.4) is 0 Å². The molecule has 0 aliphatic rings. The van der Waals surface area contributed by atoms with Gasteiger partial charge in [-0.15, -0.1) is 0 Å². The van der Waals surface area contributed by atoms with E-state index in [0.717, 1.165) is 50.6 Å². The fourth-order valence-corrected chi connectivity index (χ4v) is 3.76. The molecule has 0 spiro atoms. The molecule has 8 nitrogen and oxygen atoms in total. The Hall–Kier alpha value is -4.46. The van der Waals surface area contributed by atoms with Gasteiger partial charge in [0.15, 0.2) is 5.65 Å². The van der Waals surface area contributed by atoms with E-state index >= 15 is 0 Å². The molecule has 0 aliphatic carbocycles. The first kappa shape index (κ1) is 23.7. The molecule has 0 bridgehead atoms. The van der Waals surface area contributed by atoms with Gasteiger partial charge in [-0.3, -0.25) is 10.1 Å². The fraction of sp³-hybridized carbons (Fsp3) is 0.185. The predicted molar refractivity (Wildman–Crippen MR) is 143 cm³/mol.